The summed E-state index contributed by atoms with van der Waals surface area (Å²) in [5.41, 5.74) is 1.13. The smallest absolute Gasteiger partial charge is 0.0877 e. The van der Waals surface area contributed by atoms with Crippen molar-refractivity contribution in [2.24, 2.45) is 0 Å². The lowest BCUT2D eigenvalue weighted by atomic mass is 10.3. The molecule has 76 valence electrons. The van der Waals surface area contributed by atoms with Gasteiger partial charge in [-0.1, -0.05) is 18.2 Å². The molecule has 0 unspecified atom stereocenters. The largest absolute Gasteiger partial charge is 0.343 e. The van der Waals surface area contributed by atoms with Gasteiger partial charge in [-0.05, 0) is 35.7 Å². The molecule has 1 aromatic carbocycles. The molecule has 1 fully saturated rings. The number of hydrogen-bond acceptors (Lipinski definition) is 3. The second-order valence-electron chi connectivity index (χ2n) is 3.22. The van der Waals surface area contributed by atoms with Crippen molar-refractivity contribution < 1.29 is 0 Å². The first-order valence-corrected chi connectivity index (χ1v) is 5.05. The number of halogens is 2. The molecule has 0 aromatic heterocycles. The summed E-state index contributed by atoms with van der Waals surface area (Å²) >= 11 is 11.8. The average Bonchev–Trinajstić information content (AvgIpc) is 2.18. The third-order valence-corrected chi connectivity index (χ3v) is 2.50. The van der Waals surface area contributed by atoms with Crippen LogP contribution in [0.5, 0.6) is 0 Å². The second kappa shape index (κ2) is 4.36. The van der Waals surface area contributed by atoms with Crippen molar-refractivity contribution in [1.29, 1.82) is 0 Å². The quantitative estimate of drug-likeness (QED) is 0.688. The van der Waals surface area contributed by atoms with E-state index >= 15 is 0 Å². The minimum Gasteiger partial charge on any atom is -0.343 e. The van der Waals surface area contributed by atoms with Crippen LogP contribution >= 0.6 is 23.6 Å². The molecular weight excluding hydrogens is 221 g/mol. The number of nitrogens with zero attached hydrogens (tertiary/aromatic N) is 3. The maximum absolute atomic E-state index is 5.92. The third-order valence-electron chi connectivity index (χ3n) is 2.08. The van der Waals surface area contributed by atoms with Crippen LogP contribution in [0.1, 0.15) is 0 Å². The highest BCUT2D eigenvalue weighted by Crippen LogP contribution is 2.19. The molecule has 1 heterocycles. The molecule has 1 aliphatic rings. The minimum absolute atomic E-state index is 0.576. The van der Waals surface area contributed by atoms with Crippen LogP contribution in [-0.4, -0.2) is 28.8 Å². The molecular formula is C9H11Cl2N3. The lowest BCUT2D eigenvalue weighted by Gasteiger charge is -2.36. The van der Waals surface area contributed by atoms with E-state index in [1.807, 2.05) is 30.3 Å². The fourth-order valence-electron chi connectivity index (χ4n) is 1.47. The van der Waals surface area contributed by atoms with E-state index < -0.39 is 0 Å². The van der Waals surface area contributed by atoms with E-state index in [-0.39, 0.29) is 0 Å². The number of rotatable bonds is 1. The van der Waals surface area contributed by atoms with Gasteiger partial charge in [0.1, 0.15) is 0 Å². The molecule has 2 rings (SSSR count). The van der Waals surface area contributed by atoms with Crippen molar-refractivity contribution in [3.63, 3.8) is 0 Å². The lowest BCUT2D eigenvalue weighted by molar-refractivity contribution is 0.248. The molecule has 0 N–H and O–H groups in total. The van der Waals surface area contributed by atoms with Crippen LogP contribution in [0.25, 0.3) is 0 Å². The molecule has 0 atom stereocenters. The van der Waals surface area contributed by atoms with Gasteiger partial charge in [0.05, 0.1) is 20.0 Å². The Kier molecular flexibility index (Phi) is 3.13. The van der Waals surface area contributed by atoms with Crippen molar-refractivity contribution in [1.82, 2.24) is 8.84 Å². The van der Waals surface area contributed by atoms with Gasteiger partial charge in [-0.25, -0.2) is 0 Å². The first-order valence-electron chi connectivity index (χ1n) is 4.37. The molecule has 0 radical (unpaired) electrons. The van der Waals surface area contributed by atoms with Gasteiger partial charge in [-0.3, -0.25) is 0 Å². The Bertz CT molecular complexity index is 283. The summed E-state index contributed by atoms with van der Waals surface area (Å²) in [5, 5.41) is 0. The number of benzene rings is 1. The molecule has 0 amide bonds. The van der Waals surface area contributed by atoms with Crippen LogP contribution in [0.2, 0.25) is 0 Å². The maximum Gasteiger partial charge on any atom is 0.0877 e. The van der Waals surface area contributed by atoms with Crippen LogP contribution in [0.15, 0.2) is 30.3 Å². The standard InChI is InChI=1S/C9H11Cl2N3/c10-13-6-12(7-14(11)8-13)9-4-2-1-3-5-9/h1-5H,6-8H2. The van der Waals surface area contributed by atoms with E-state index in [0.717, 1.165) is 5.69 Å². The first kappa shape index (κ1) is 10.1. The number of para-hydroxylation sites is 1. The fourth-order valence-corrected chi connectivity index (χ4v) is 2.04. The summed E-state index contributed by atoms with van der Waals surface area (Å²) in [6, 6.07) is 10.1. The van der Waals surface area contributed by atoms with Crippen molar-refractivity contribution in [3.8, 4) is 0 Å². The van der Waals surface area contributed by atoms with E-state index in [0.29, 0.717) is 20.0 Å². The lowest BCUT2D eigenvalue weighted by Crippen LogP contribution is -2.48. The van der Waals surface area contributed by atoms with Crippen LogP contribution in [0, 0.1) is 0 Å². The normalized spacial score (nSPS) is 20.0. The highest BCUT2D eigenvalue weighted by atomic mass is 35.5. The molecule has 1 saturated heterocycles. The van der Waals surface area contributed by atoms with Crippen LogP contribution in [0.4, 0.5) is 5.69 Å². The predicted molar refractivity (Wildman–Crippen MR) is 58.9 cm³/mol. The summed E-state index contributed by atoms with van der Waals surface area (Å²) in [7, 11) is 0. The Labute approximate surface area is 93.6 Å². The summed E-state index contributed by atoms with van der Waals surface area (Å²) in [6.45, 7) is 1.95. The summed E-state index contributed by atoms with van der Waals surface area (Å²) in [6.07, 6.45) is 0. The van der Waals surface area contributed by atoms with Gasteiger partial charge in [-0.15, -0.1) is 0 Å². The minimum atomic E-state index is 0.576. The highest BCUT2D eigenvalue weighted by molar-refractivity contribution is 6.15. The molecule has 0 saturated carbocycles. The SMILES string of the molecule is ClN1CN(Cl)CN(c2ccccc2)C1. The highest BCUT2D eigenvalue weighted by Gasteiger charge is 2.20. The Balaban J connectivity index is 2.11. The zero-order valence-electron chi connectivity index (χ0n) is 7.61. The van der Waals surface area contributed by atoms with E-state index in [1.165, 1.54) is 0 Å². The van der Waals surface area contributed by atoms with E-state index in [1.54, 1.807) is 8.84 Å². The zero-order valence-corrected chi connectivity index (χ0v) is 9.12. The third kappa shape index (κ3) is 2.30. The Morgan fingerprint density at radius 3 is 2.00 bits per heavy atom. The van der Waals surface area contributed by atoms with Crippen LogP contribution < -0.4 is 4.90 Å². The molecule has 14 heavy (non-hydrogen) atoms. The summed E-state index contributed by atoms with van der Waals surface area (Å²) in [4.78, 5) is 2.10. The van der Waals surface area contributed by atoms with Crippen molar-refractivity contribution in [3.05, 3.63) is 30.3 Å². The van der Waals surface area contributed by atoms with Crippen molar-refractivity contribution in [2.75, 3.05) is 24.9 Å². The number of anilines is 1. The van der Waals surface area contributed by atoms with Gasteiger partial charge < -0.3 is 4.90 Å². The Morgan fingerprint density at radius 1 is 0.857 bits per heavy atom. The van der Waals surface area contributed by atoms with Crippen molar-refractivity contribution >= 4 is 29.2 Å². The van der Waals surface area contributed by atoms with E-state index in [9.17, 15) is 0 Å². The molecule has 0 spiro atoms. The van der Waals surface area contributed by atoms with E-state index in [4.69, 9.17) is 23.6 Å². The number of hydrogen-bond donors (Lipinski definition) is 0. The first-order chi connectivity index (χ1) is 6.75. The predicted octanol–water partition coefficient (Wildman–Crippen LogP) is 2.29. The molecule has 3 nitrogen and oxygen atoms in total. The molecule has 0 bridgehead atoms. The van der Waals surface area contributed by atoms with Gasteiger partial charge in [0.2, 0.25) is 0 Å². The Hall–Kier alpha value is -0.480. The van der Waals surface area contributed by atoms with Gasteiger partial charge >= 0.3 is 0 Å². The average molecular weight is 232 g/mol. The fraction of sp³-hybridized carbons (Fsp3) is 0.333. The van der Waals surface area contributed by atoms with Gasteiger partial charge in [-0.2, -0.15) is 8.84 Å². The van der Waals surface area contributed by atoms with Gasteiger partial charge in [0, 0.05) is 5.69 Å². The molecule has 5 heteroatoms. The molecule has 0 aliphatic carbocycles. The van der Waals surface area contributed by atoms with Crippen LogP contribution in [0.3, 0.4) is 0 Å². The molecule has 1 aromatic rings. The zero-order chi connectivity index (χ0) is 9.97. The summed E-state index contributed by atoms with van der Waals surface area (Å²) < 4.78 is 3.28. The van der Waals surface area contributed by atoms with Crippen LogP contribution in [-0.2, 0) is 0 Å². The van der Waals surface area contributed by atoms with Gasteiger partial charge in [0.25, 0.3) is 0 Å². The summed E-state index contributed by atoms with van der Waals surface area (Å²) in [5.74, 6) is 0. The van der Waals surface area contributed by atoms with E-state index in [2.05, 4.69) is 4.90 Å². The Morgan fingerprint density at radius 2 is 1.43 bits per heavy atom. The second-order valence-corrected chi connectivity index (χ2v) is 4.18. The monoisotopic (exact) mass is 231 g/mol. The molecule has 1 aliphatic heterocycles. The topological polar surface area (TPSA) is 9.72 Å². The van der Waals surface area contributed by atoms with Crippen molar-refractivity contribution in [2.45, 2.75) is 0 Å². The van der Waals surface area contributed by atoms with Gasteiger partial charge in [0.15, 0.2) is 0 Å². The maximum atomic E-state index is 5.92.